The van der Waals surface area contributed by atoms with E-state index < -0.39 is 0 Å². The van der Waals surface area contributed by atoms with E-state index >= 15 is 0 Å². The second-order valence-electron chi connectivity index (χ2n) is 6.02. The summed E-state index contributed by atoms with van der Waals surface area (Å²) in [6, 6.07) is 8.25. The third-order valence-electron chi connectivity index (χ3n) is 4.24. The highest BCUT2D eigenvalue weighted by Crippen LogP contribution is 2.35. The van der Waals surface area contributed by atoms with Gasteiger partial charge in [-0.15, -0.1) is 0 Å². The van der Waals surface area contributed by atoms with Crippen molar-refractivity contribution in [3.05, 3.63) is 47.5 Å². The van der Waals surface area contributed by atoms with E-state index in [4.69, 9.17) is 11.6 Å². The highest BCUT2D eigenvalue weighted by molar-refractivity contribution is 6.30. The van der Waals surface area contributed by atoms with Crippen molar-refractivity contribution in [3.8, 4) is 0 Å². The van der Waals surface area contributed by atoms with E-state index in [9.17, 15) is 4.79 Å². The van der Waals surface area contributed by atoms with Gasteiger partial charge in [0.15, 0.2) is 0 Å². The van der Waals surface area contributed by atoms with E-state index in [2.05, 4.69) is 17.0 Å². The number of halogens is 1. The molecule has 1 fully saturated rings. The Morgan fingerprint density at radius 3 is 2.74 bits per heavy atom. The first-order valence-corrected chi connectivity index (χ1v) is 8.42. The van der Waals surface area contributed by atoms with Crippen molar-refractivity contribution in [2.24, 2.45) is 0 Å². The minimum Gasteiger partial charge on any atom is -0.333 e. The van der Waals surface area contributed by atoms with Crippen LogP contribution in [0.25, 0.3) is 0 Å². The predicted octanol–water partition coefficient (Wildman–Crippen LogP) is 3.46. The number of aromatic nitrogens is 3. The number of aryl methyl sites for hydroxylation is 1. The van der Waals surface area contributed by atoms with Gasteiger partial charge in [0.05, 0.1) is 6.04 Å². The molecule has 1 aromatic heterocycles. The lowest BCUT2D eigenvalue weighted by Gasteiger charge is -2.30. The minimum absolute atomic E-state index is 0.0821. The lowest BCUT2D eigenvalue weighted by Crippen LogP contribution is -2.35. The Balaban J connectivity index is 1.61. The zero-order valence-corrected chi connectivity index (χ0v) is 14.0. The van der Waals surface area contributed by atoms with Crippen LogP contribution in [0, 0.1) is 0 Å². The van der Waals surface area contributed by atoms with Gasteiger partial charge in [-0.25, -0.2) is 4.98 Å². The summed E-state index contributed by atoms with van der Waals surface area (Å²) >= 11 is 5.96. The van der Waals surface area contributed by atoms with Gasteiger partial charge < -0.3 is 4.90 Å². The monoisotopic (exact) mass is 332 g/mol. The molecule has 1 heterocycles. The first-order chi connectivity index (χ1) is 11.1. The predicted molar refractivity (Wildman–Crippen MR) is 89.0 cm³/mol. The van der Waals surface area contributed by atoms with Crippen LogP contribution in [-0.4, -0.2) is 31.6 Å². The van der Waals surface area contributed by atoms with Gasteiger partial charge in [-0.1, -0.05) is 23.7 Å². The van der Waals surface area contributed by atoms with Crippen molar-refractivity contribution < 1.29 is 4.79 Å². The fourth-order valence-electron chi connectivity index (χ4n) is 2.86. The van der Waals surface area contributed by atoms with E-state index in [1.165, 1.54) is 6.33 Å². The number of rotatable bonds is 7. The summed E-state index contributed by atoms with van der Waals surface area (Å²) in [7, 11) is 0. The third kappa shape index (κ3) is 4.10. The summed E-state index contributed by atoms with van der Waals surface area (Å²) in [4.78, 5) is 18.6. The third-order valence-corrected chi connectivity index (χ3v) is 4.49. The molecule has 3 rings (SSSR count). The molecule has 0 radical (unpaired) electrons. The van der Waals surface area contributed by atoms with E-state index in [1.807, 2.05) is 29.2 Å². The summed E-state index contributed by atoms with van der Waals surface area (Å²) in [6.07, 6.45) is 6.72. The smallest absolute Gasteiger partial charge is 0.223 e. The van der Waals surface area contributed by atoms with Crippen LogP contribution in [0.1, 0.15) is 44.2 Å². The first kappa shape index (κ1) is 16.0. The lowest BCUT2D eigenvalue weighted by atomic mass is 10.1. The van der Waals surface area contributed by atoms with Crippen molar-refractivity contribution in [2.45, 2.75) is 51.2 Å². The largest absolute Gasteiger partial charge is 0.333 e. The number of nitrogens with zero attached hydrogens (tertiary/aromatic N) is 4. The summed E-state index contributed by atoms with van der Waals surface area (Å²) in [5.74, 6) is 0.218. The average Bonchev–Trinajstić information content (AvgIpc) is 3.23. The zero-order valence-electron chi connectivity index (χ0n) is 13.2. The Morgan fingerprint density at radius 1 is 1.39 bits per heavy atom. The molecule has 0 saturated heterocycles. The number of carbonyl (C=O) groups is 1. The van der Waals surface area contributed by atoms with Gasteiger partial charge in [-0.3, -0.25) is 9.48 Å². The molecule has 1 aromatic carbocycles. The molecule has 5 nitrogen and oxygen atoms in total. The van der Waals surface area contributed by atoms with Crippen LogP contribution in [0.3, 0.4) is 0 Å². The SMILES string of the molecule is C[C@H](c1ccc(Cl)cc1)N(C(=O)CCCn1cncn1)C1CC1. The molecule has 0 aliphatic heterocycles. The number of carbonyl (C=O) groups excluding carboxylic acids is 1. The molecule has 1 atom stereocenters. The summed E-state index contributed by atoms with van der Waals surface area (Å²) in [6.45, 7) is 2.82. The van der Waals surface area contributed by atoms with Crippen molar-refractivity contribution >= 4 is 17.5 Å². The Bertz CT molecular complexity index is 637. The lowest BCUT2D eigenvalue weighted by molar-refractivity contribution is -0.134. The molecular formula is C17H21ClN4O. The van der Waals surface area contributed by atoms with Crippen molar-refractivity contribution in [2.75, 3.05) is 0 Å². The standard InChI is InChI=1S/C17H21ClN4O/c1-13(14-4-6-15(18)7-5-14)22(16-8-9-16)17(23)3-2-10-21-12-19-11-20-21/h4-7,11-13,16H,2-3,8-10H2,1H3/t13-/m1/s1. The maximum atomic E-state index is 12.7. The van der Waals surface area contributed by atoms with Gasteiger partial charge in [-0.05, 0) is 43.9 Å². The zero-order chi connectivity index (χ0) is 16.2. The molecule has 23 heavy (non-hydrogen) atoms. The highest BCUT2D eigenvalue weighted by atomic mass is 35.5. The summed E-state index contributed by atoms with van der Waals surface area (Å²) in [5, 5.41) is 4.78. The van der Waals surface area contributed by atoms with Crippen molar-refractivity contribution in [1.82, 2.24) is 19.7 Å². The first-order valence-electron chi connectivity index (χ1n) is 8.04. The molecule has 6 heteroatoms. The van der Waals surface area contributed by atoms with Crippen LogP contribution in [0.5, 0.6) is 0 Å². The fourth-order valence-corrected chi connectivity index (χ4v) is 2.99. The van der Waals surface area contributed by atoms with Gasteiger partial charge in [0, 0.05) is 24.0 Å². The number of hydrogen-bond acceptors (Lipinski definition) is 3. The van der Waals surface area contributed by atoms with Crippen LogP contribution >= 0.6 is 11.6 Å². The van der Waals surface area contributed by atoms with E-state index in [-0.39, 0.29) is 11.9 Å². The van der Waals surface area contributed by atoms with Gasteiger partial charge >= 0.3 is 0 Å². The van der Waals surface area contributed by atoms with Crippen molar-refractivity contribution in [3.63, 3.8) is 0 Å². The molecule has 1 amide bonds. The number of hydrogen-bond donors (Lipinski definition) is 0. The normalized spacial score (nSPS) is 15.4. The second kappa shape index (κ2) is 7.13. The van der Waals surface area contributed by atoms with Crippen molar-refractivity contribution in [1.29, 1.82) is 0 Å². The molecule has 0 bridgehead atoms. The fraction of sp³-hybridized carbons (Fsp3) is 0.471. The molecule has 1 saturated carbocycles. The van der Waals surface area contributed by atoms with Gasteiger partial charge in [-0.2, -0.15) is 5.10 Å². The Kier molecular flexibility index (Phi) is 4.96. The molecule has 0 spiro atoms. The molecule has 2 aromatic rings. The van der Waals surface area contributed by atoms with Gasteiger partial charge in [0.25, 0.3) is 0 Å². The maximum Gasteiger partial charge on any atom is 0.223 e. The van der Waals surface area contributed by atoms with Crippen LogP contribution in [0.2, 0.25) is 5.02 Å². The molecule has 0 unspecified atom stereocenters. The van der Waals surface area contributed by atoms with Crippen LogP contribution in [0.15, 0.2) is 36.9 Å². The molecular weight excluding hydrogens is 312 g/mol. The van der Waals surface area contributed by atoms with Crippen LogP contribution < -0.4 is 0 Å². The Hall–Kier alpha value is -1.88. The minimum atomic E-state index is 0.0821. The Morgan fingerprint density at radius 2 is 2.13 bits per heavy atom. The molecule has 1 aliphatic carbocycles. The van der Waals surface area contributed by atoms with E-state index in [1.54, 1.807) is 11.0 Å². The quantitative estimate of drug-likeness (QED) is 0.780. The molecule has 122 valence electrons. The molecule has 1 aliphatic rings. The summed E-state index contributed by atoms with van der Waals surface area (Å²) in [5.41, 5.74) is 1.13. The van der Waals surface area contributed by atoms with Gasteiger partial charge in [0.1, 0.15) is 12.7 Å². The van der Waals surface area contributed by atoms with E-state index in [0.29, 0.717) is 12.5 Å². The Labute approximate surface area is 141 Å². The van der Waals surface area contributed by atoms with Gasteiger partial charge in [0.2, 0.25) is 5.91 Å². The average molecular weight is 333 g/mol. The maximum absolute atomic E-state index is 12.7. The topological polar surface area (TPSA) is 51.0 Å². The second-order valence-corrected chi connectivity index (χ2v) is 6.46. The summed E-state index contributed by atoms with van der Waals surface area (Å²) < 4.78 is 1.76. The van der Waals surface area contributed by atoms with Crippen LogP contribution in [-0.2, 0) is 11.3 Å². The van der Waals surface area contributed by atoms with Crippen LogP contribution in [0.4, 0.5) is 0 Å². The number of amides is 1. The highest BCUT2D eigenvalue weighted by Gasteiger charge is 2.35. The molecule has 0 N–H and O–H groups in total. The van der Waals surface area contributed by atoms with E-state index in [0.717, 1.165) is 36.4 Å². The number of benzene rings is 1.